The Bertz CT molecular complexity index is 235. The number of hydrogen-bond donors (Lipinski definition) is 1. The third-order valence-electron chi connectivity index (χ3n) is 0.706. The van der Waals surface area contributed by atoms with Crippen LogP contribution in [-0.4, -0.2) is 9.72 Å². The lowest BCUT2D eigenvalue weighted by molar-refractivity contribution is 0.310. The summed E-state index contributed by atoms with van der Waals surface area (Å²) in [4.78, 5) is 13.5. The van der Waals surface area contributed by atoms with E-state index in [-0.39, 0.29) is 6.01 Å². The molecule has 0 aliphatic rings. The number of anilines is 1. The molecule has 0 saturated carbocycles. The van der Waals surface area contributed by atoms with Gasteiger partial charge in [-0.25, -0.2) is 4.79 Å². The third kappa shape index (κ3) is 0.575. The average Bonchev–Trinajstić information content (AvgIpc) is 1.85. The number of nitrogens with two attached hydrogens (primary N) is 1. The van der Waals surface area contributed by atoms with Crippen LogP contribution in [0.5, 0.6) is 0 Å². The molecule has 0 unspecified atom stereocenters. The van der Waals surface area contributed by atoms with Crippen LogP contribution >= 0.6 is 0 Å². The van der Waals surface area contributed by atoms with Crippen LogP contribution in [0.15, 0.2) is 9.32 Å². The fourth-order valence-corrected chi connectivity index (χ4v) is 0.364. The van der Waals surface area contributed by atoms with Crippen molar-refractivity contribution in [2.24, 2.45) is 7.05 Å². The topological polar surface area (TPSA) is 74.1 Å². The first-order valence-corrected chi connectivity index (χ1v) is 2.00. The van der Waals surface area contributed by atoms with E-state index in [0.29, 0.717) is 0 Å². The summed E-state index contributed by atoms with van der Waals surface area (Å²) in [5.74, 6) is 0. The molecule has 1 rings (SSSR count). The van der Waals surface area contributed by atoms with Crippen LogP contribution in [0.4, 0.5) is 6.01 Å². The van der Waals surface area contributed by atoms with E-state index in [2.05, 4.69) is 9.51 Å². The molecule has 5 heteroatoms. The maximum Gasteiger partial charge on any atom is 0.381 e. The van der Waals surface area contributed by atoms with Crippen molar-refractivity contribution in [2.75, 3.05) is 5.73 Å². The molecule has 5 nitrogen and oxygen atoms in total. The molecule has 0 aliphatic carbocycles. The molecule has 0 radical (unpaired) electrons. The molecule has 0 fully saturated rings. The molecule has 2 N–H and O–H groups in total. The van der Waals surface area contributed by atoms with Gasteiger partial charge in [0.25, 0.3) is 0 Å². The van der Waals surface area contributed by atoms with Crippen LogP contribution in [0.25, 0.3) is 0 Å². The van der Waals surface area contributed by atoms with Crippen molar-refractivity contribution in [1.82, 2.24) is 9.72 Å². The first-order valence-electron chi connectivity index (χ1n) is 2.00. The summed E-state index contributed by atoms with van der Waals surface area (Å²) in [7, 11) is 1.44. The van der Waals surface area contributed by atoms with Crippen molar-refractivity contribution >= 4 is 6.01 Å². The maximum absolute atomic E-state index is 10.3. The highest BCUT2D eigenvalue weighted by atomic mass is 16.5. The number of rotatable bonds is 0. The highest BCUT2D eigenvalue weighted by molar-refractivity contribution is 5.02. The van der Waals surface area contributed by atoms with Gasteiger partial charge in [0.2, 0.25) is 0 Å². The summed E-state index contributed by atoms with van der Waals surface area (Å²) in [6, 6.07) is -0.0995. The molecule has 0 aliphatic heterocycles. The van der Waals surface area contributed by atoms with E-state index in [0.717, 1.165) is 4.74 Å². The minimum Gasteiger partial charge on any atom is -0.351 e. The molecule has 1 aromatic heterocycles. The number of aromatic nitrogens is 2. The Balaban J connectivity index is 3.35. The number of nitrogens with zero attached hydrogens (tertiary/aromatic N) is 2. The minimum absolute atomic E-state index is 0.0995. The molecule has 0 amide bonds. The zero-order valence-electron chi connectivity index (χ0n) is 4.29. The van der Waals surface area contributed by atoms with Crippen molar-refractivity contribution in [1.29, 1.82) is 0 Å². The second-order valence-corrected chi connectivity index (χ2v) is 1.32. The van der Waals surface area contributed by atoms with Crippen molar-refractivity contribution in [3.05, 3.63) is 10.5 Å². The summed E-state index contributed by atoms with van der Waals surface area (Å²) in [6.07, 6.45) is 0. The first-order chi connectivity index (χ1) is 3.70. The highest BCUT2D eigenvalue weighted by Crippen LogP contribution is 1.85. The normalized spacial score (nSPS) is 9.62. The Hall–Kier alpha value is -1.26. The van der Waals surface area contributed by atoms with Crippen LogP contribution in [0.3, 0.4) is 0 Å². The Morgan fingerprint density at radius 1 is 1.88 bits per heavy atom. The molecule has 0 bridgehead atoms. The molecule has 0 spiro atoms. The van der Waals surface area contributed by atoms with Gasteiger partial charge >= 0.3 is 11.7 Å². The molecule has 0 atom stereocenters. The van der Waals surface area contributed by atoms with E-state index < -0.39 is 5.69 Å². The SMILES string of the molecule is Cn1oc(N)nc1=O. The summed E-state index contributed by atoms with van der Waals surface area (Å²) in [6.45, 7) is 0. The second-order valence-electron chi connectivity index (χ2n) is 1.32. The smallest absolute Gasteiger partial charge is 0.351 e. The van der Waals surface area contributed by atoms with Gasteiger partial charge in [0.15, 0.2) is 0 Å². The predicted octanol–water partition coefficient (Wildman–Crippen LogP) is -1.04. The van der Waals surface area contributed by atoms with Crippen LogP contribution in [-0.2, 0) is 7.05 Å². The Morgan fingerprint density at radius 2 is 2.50 bits per heavy atom. The van der Waals surface area contributed by atoms with E-state index in [4.69, 9.17) is 5.73 Å². The zero-order valence-corrected chi connectivity index (χ0v) is 4.29. The van der Waals surface area contributed by atoms with E-state index >= 15 is 0 Å². The van der Waals surface area contributed by atoms with Gasteiger partial charge in [-0.15, -0.1) is 4.98 Å². The molecule has 1 heterocycles. The minimum atomic E-state index is -0.470. The van der Waals surface area contributed by atoms with Crippen molar-refractivity contribution < 1.29 is 4.52 Å². The average molecular weight is 115 g/mol. The molecule has 0 saturated heterocycles. The van der Waals surface area contributed by atoms with Crippen LogP contribution in [0.2, 0.25) is 0 Å². The number of aryl methyl sites for hydroxylation is 1. The Kier molecular flexibility index (Phi) is 0.831. The lowest BCUT2D eigenvalue weighted by Gasteiger charge is -1.77. The lowest BCUT2D eigenvalue weighted by Crippen LogP contribution is -2.11. The van der Waals surface area contributed by atoms with E-state index in [1.54, 1.807) is 0 Å². The van der Waals surface area contributed by atoms with Gasteiger partial charge < -0.3 is 10.3 Å². The van der Waals surface area contributed by atoms with Gasteiger partial charge in [0, 0.05) is 0 Å². The summed E-state index contributed by atoms with van der Waals surface area (Å²) < 4.78 is 5.44. The van der Waals surface area contributed by atoms with Gasteiger partial charge in [0.1, 0.15) is 0 Å². The van der Waals surface area contributed by atoms with E-state index in [1.807, 2.05) is 0 Å². The van der Waals surface area contributed by atoms with Crippen LogP contribution < -0.4 is 11.4 Å². The molecular formula is C3H5N3O2. The van der Waals surface area contributed by atoms with E-state index in [9.17, 15) is 4.79 Å². The van der Waals surface area contributed by atoms with Crippen LogP contribution in [0.1, 0.15) is 0 Å². The first kappa shape index (κ1) is 4.89. The largest absolute Gasteiger partial charge is 0.381 e. The van der Waals surface area contributed by atoms with Gasteiger partial charge in [-0.05, 0) is 0 Å². The van der Waals surface area contributed by atoms with Gasteiger partial charge in [0.05, 0.1) is 7.05 Å². The Labute approximate surface area is 44.7 Å². The second kappa shape index (κ2) is 1.36. The highest BCUT2D eigenvalue weighted by Gasteiger charge is 1.95. The predicted molar refractivity (Wildman–Crippen MR) is 26.2 cm³/mol. The quantitative estimate of drug-likeness (QED) is 0.468. The van der Waals surface area contributed by atoms with Crippen molar-refractivity contribution in [2.45, 2.75) is 0 Å². The lowest BCUT2D eigenvalue weighted by atomic mass is 11.1. The third-order valence-corrected chi connectivity index (χ3v) is 0.706. The van der Waals surface area contributed by atoms with Gasteiger partial charge in [-0.1, -0.05) is 0 Å². The fourth-order valence-electron chi connectivity index (χ4n) is 0.364. The summed E-state index contributed by atoms with van der Waals surface area (Å²) in [5.41, 5.74) is 4.51. The maximum atomic E-state index is 10.3. The standard InChI is InChI=1S/C3H5N3O2/c1-6-3(7)5-2(4)8-6/h1H3,(H2,4,5,7). The van der Waals surface area contributed by atoms with Crippen molar-refractivity contribution in [3.8, 4) is 0 Å². The molecular weight excluding hydrogens is 110 g/mol. The summed E-state index contributed by atoms with van der Waals surface area (Å²) >= 11 is 0. The number of hydrogen-bond acceptors (Lipinski definition) is 4. The summed E-state index contributed by atoms with van der Waals surface area (Å²) in [5, 5.41) is 0. The molecule has 44 valence electrons. The number of nitrogen functional groups attached to an aromatic ring is 1. The van der Waals surface area contributed by atoms with Crippen LogP contribution in [0, 0.1) is 0 Å². The van der Waals surface area contributed by atoms with Crippen molar-refractivity contribution in [3.63, 3.8) is 0 Å². The zero-order chi connectivity index (χ0) is 6.15. The van der Waals surface area contributed by atoms with Gasteiger partial charge in [-0.3, -0.25) is 0 Å². The Morgan fingerprint density at radius 3 is 2.62 bits per heavy atom. The molecule has 0 aromatic carbocycles. The fraction of sp³-hybridized carbons (Fsp3) is 0.333. The van der Waals surface area contributed by atoms with Gasteiger partial charge in [-0.2, -0.15) is 4.74 Å². The molecule has 8 heavy (non-hydrogen) atoms. The molecule has 1 aromatic rings. The van der Waals surface area contributed by atoms with E-state index in [1.165, 1.54) is 7.05 Å². The monoisotopic (exact) mass is 115 g/mol.